The van der Waals surface area contributed by atoms with Gasteiger partial charge in [-0.2, -0.15) is 0 Å². The average Bonchev–Trinajstić information content (AvgIpc) is 3.22. The van der Waals surface area contributed by atoms with Gasteiger partial charge in [-0.15, -0.1) is 0 Å². The van der Waals surface area contributed by atoms with E-state index in [9.17, 15) is 4.79 Å². The van der Waals surface area contributed by atoms with Crippen LogP contribution >= 0.6 is 24.0 Å². The first-order valence-corrected chi connectivity index (χ1v) is 9.64. The Labute approximate surface area is 171 Å². The molecule has 0 atom stereocenters. The number of nitrogens with one attached hydrogen (secondary N) is 1. The van der Waals surface area contributed by atoms with E-state index in [2.05, 4.69) is 22.1 Å². The third-order valence-corrected chi connectivity index (χ3v) is 5.25. The summed E-state index contributed by atoms with van der Waals surface area (Å²) in [6.45, 7) is 0. The van der Waals surface area contributed by atoms with Gasteiger partial charge in [0.25, 0.3) is 5.91 Å². The van der Waals surface area contributed by atoms with Crippen molar-refractivity contribution in [2.75, 3.05) is 19.0 Å². The summed E-state index contributed by atoms with van der Waals surface area (Å²) in [7, 11) is 4.00. The third-order valence-electron chi connectivity index (χ3n) is 4.08. The van der Waals surface area contributed by atoms with E-state index in [1.807, 2.05) is 49.3 Å². The fourth-order valence-electron chi connectivity index (χ4n) is 2.67. The van der Waals surface area contributed by atoms with Gasteiger partial charge in [0.05, 0.1) is 10.5 Å². The summed E-state index contributed by atoms with van der Waals surface area (Å²) in [5.74, 6) is 6.62. The second-order valence-corrected chi connectivity index (χ2v) is 8.02. The number of fused-ring (bicyclic) bond motifs is 1. The minimum absolute atomic E-state index is 0.213. The van der Waals surface area contributed by atoms with Gasteiger partial charge in [-0.25, -0.2) is 0 Å². The van der Waals surface area contributed by atoms with Gasteiger partial charge in [-0.3, -0.25) is 9.78 Å². The number of thioether (sulfide) groups is 1. The molecule has 4 rings (SSSR count). The third kappa shape index (κ3) is 3.79. The summed E-state index contributed by atoms with van der Waals surface area (Å²) in [5.41, 5.74) is 3.36. The monoisotopic (exact) mass is 405 g/mol. The maximum absolute atomic E-state index is 11.8. The van der Waals surface area contributed by atoms with Crippen molar-refractivity contribution in [1.29, 1.82) is 0 Å². The molecule has 1 N–H and O–H groups in total. The SMILES string of the molecule is CN(C)c1ccc(C#Cc2cncc3cc(/C=C4\SC(=S)NC4=O)oc23)cc1. The Bertz CT molecular complexity index is 1180. The van der Waals surface area contributed by atoms with Crippen LogP contribution in [-0.4, -0.2) is 29.3 Å². The first-order valence-electron chi connectivity index (χ1n) is 8.41. The molecule has 0 aliphatic carbocycles. The zero-order valence-electron chi connectivity index (χ0n) is 15.1. The van der Waals surface area contributed by atoms with E-state index in [4.69, 9.17) is 16.6 Å². The van der Waals surface area contributed by atoms with Crippen molar-refractivity contribution in [3.05, 3.63) is 64.5 Å². The molecule has 0 radical (unpaired) electrons. The maximum atomic E-state index is 11.8. The van der Waals surface area contributed by atoms with Gasteiger partial charge in [0.15, 0.2) is 5.58 Å². The van der Waals surface area contributed by atoms with Crippen molar-refractivity contribution < 1.29 is 9.21 Å². The molecule has 2 aromatic heterocycles. The summed E-state index contributed by atoms with van der Waals surface area (Å²) >= 11 is 6.22. The minimum Gasteiger partial charge on any atom is -0.455 e. The Morgan fingerprint density at radius 2 is 2.00 bits per heavy atom. The maximum Gasteiger partial charge on any atom is 0.263 e. The summed E-state index contributed by atoms with van der Waals surface area (Å²) in [6, 6.07) is 9.84. The number of carbonyl (C=O) groups excluding carboxylic acids is 1. The van der Waals surface area contributed by atoms with Crippen molar-refractivity contribution >= 4 is 56.9 Å². The first kappa shape index (κ1) is 18.3. The van der Waals surface area contributed by atoms with E-state index < -0.39 is 0 Å². The van der Waals surface area contributed by atoms with Gasteiger partial charge in [0, 0.05) is 49.2 Å². The second kappa shape index (κ2) is 7.50. The van der Waals surface area contributed by atoms with Crippen molar-refractivity contribution in [1.82, 2.24) is 10.3 Å². The predicted molar refractivity (Wildman–Crippen MR) is 117 cm³/mol. The Morgan fingerprint density at radius 3 is 2.68 bits per heavy atom. The highest BCUT2D eigenvalue weighted by Gasteiger charge is 2.22. The minimum atomic E-state index is -0.213. The van der Waals surface area contributed by atoms with E-state index in [0.717, 1.165) is 16.6 Å². The number of hydrogen-bond donors (Lipinski definition) is 1. The first-order chi connectivity index (χ1) is 13.5. The molecule has 1 aliphatic heterocycles. The Balaban J connectivity index is 1.66. The quantitative estimate of drug-likeness (QED) is 0.398. The molecule has 0 spiro atoms. The Morgan fingerprint density at radius 1 is 1.21 bits per heavy atom. The Hall–Kier alpha value is -3.08. The van der Waals surface area contributed by atoms with Crippen LogP contribution in [0.5, 0.6) is 0 Å². The molecule has 28 heavy (non-hydrogen) atoms. The normalized spacial score (nSPS) is 14.9. The second-order valence-electron chi connectivity index (χ2n) is 6.30. The fourth-order valence-corrected chi connectivity index (χ4v) is 3.70. The highest BCUT2D eigenvalue weighted by molar-refractivity contribution is 8.26. The van der Waals surface area contributed by atoms with Gasteiger partial charge < -0.3 is 14.6 Å². The van der Waals surface area contributed by atoms with Crippen LogP contribution in [0.1, 0.15) is 16.9 Å². The molecular formula is C21H15N3O2S2. The number of hydrogen-bond acceptors (Lipinski definition) is 6. The van der Waals surface area contributed by atoms with Crippen molar-refractivity contribution in [2.24, 2.45) is 0 Å². The average molecular weight is 406 g/mol. The van der Waals surface area contributed by atoms with E-state index in [0.29, 0.717) is 26.1 Å². The van der Waals surface area contributed by atoms with E-state index >= 15 is 0 Å². The molecule has 3 aromatic rings. The number of nitrogens with zero attached hydrogens (tertiary/aromatic N) is 2. The molecule has 0 bridgehead atoms. The van der Waals surface area contributed by atoms with Crippen molar-refractivity contribution in [3.63, 3.8) is 0 Å². The van der Waals surface area contributed by atoms with Crippen LogP contribution < -0.4 is 10.2 Å². The molecule has 1 amide bonds. The molecule has 1 aromatic carbocycles. The van der Waals surface area contributed by atoms with E-state index in [-0.39, 0.29) is 5.91 Å². The van der Waals surface area contributed by atoms with E-state index in [1.54, 1.807) is 18.5 Å². The summed E-state index contributed by atoms with van der Waals surface area (Å²) in [4.78, 5) is 18.6. The molecule has 0 unspecified atom stereocenters. The van der Waals surface area contributed by atoms with Crippen LogP contribution in [0.15, 0.2) is 52.0 Å². The van der Waals surface area contributed by atoms with Gasteiger partial charge in [0.1, 0.15) is 10.1 Å². The van der Waals surface area contributed by atoms with Crippen molar-refractivity contribution in [2.45, 2.75) is 0 Å². The number of rotatable bonds is 2. The zero-order valence-corrected chi connectivity index (χ0v) is 16.8. The number of amides is 1. The molecule has 138 valence electrons. The number of carbonyl (C=O) groups is 1. The lowest BCUT2D eigenvalue weighted by Gasteiger charge is -2.11. The molecular weight excluding hydrogens is 390 g/mol. The van der Waals surface area contributed by atoms with Gasteiger partial charge in [-0.1, -0.05) is 35.8 Å². The summed E-state index contributed by atoms with van der Waals surface area (Å²) < 4.78 is 6.37. The number of aromatic nitrogens is 1. The standard InChI is InChI=1S/C21H15N3O2S2/c1-24(2)16-7-4-13(5-8-16)3-6-14-11-22-12-15-9-17(26-19(14)15)10-18-20(25)23-21(27)28-18/h4-5,7-12H,1-2H3,(H,23,25,27)/b18-10-. The van der Waals surface area contributed by atoms with Crippen molar-refractivity contribution in [3.8, 4) is 11.8 Å². The van der Waals surface area contributed by atoms with Gasteiger partial charge in [0.2, 0.25) is 0 Å². The molecule has 0 saturated carbocycles. The van der Waals surface area contributed by atoms with Crippen LogP contribution in [-0.2, 0) is 4.79 Å². The number of benzene rings is 1. The van der Waals surface area contributed by atoms with Crippen LogP contribution in [0.3, 0.4) is 0 Å². The van der Waals surface area contributed by atoms with Crippen LogP contribution in [0.2, 0.25) is 0 Å². The molecule has 1 fully saturated rings. The largest absolute Gasteiger partial charge is 0.455 e. The van der Waals surface area contributed by atoms with Crippen LogP contribution in [0.25, 0.3) is 17.0 Å². The highest BCUT2D eigenvalue weighted by Crippen LogP contribution is 2.29. The number of pyridine rings is 1. The van der Waals surface area contributed by atoms with Crippen LogP contribution in [0.4, 0.5) is 5.69 Å². The smallest absolute Gasteiger partial charge is 0.263 e. The molecule has 1 saturated heterocycles. The number of furan rings is 1. The predicted octanol–water partition coefficient (Wildman–Crippen LogP) is 3.78. The Kier molecular flexibility index (Phi) is 4.90. The lowest BCUT2D eigenvalue weighted by molar-refractivity contribution is -0.115. The lowest BCUT2D eigenvalue weighted by Crippen LogP contribution is -2.17. The molecule has 5 nitrogen and oxygen atoms in total. The van der Waals surface area contributed by atoms with E-state index in [1.165, 1.54) is 11.8 Å². The molecule has 7 heteroatoms. The number of anilines is 1. The molecule has 1 aliphatic rings. The summed E-state index contributed by atoms with van der Waals surface area (Å²) in [5, 5.41) is 3.42. The zero-order chi connectivity index (χ0) is 19.7. The van der Waals surface area contributed by atoms with Gasteiger partial charge >= 0.3 is 0 Å². The fraction of sp³-hybridized carbons (Fsp3) is 0.0952. The molecule has 3 heterocycles. The van der Waals surface area contributed by atoms with Crippen LogP contribution in [0, 0.1) is 11.8 Å². The highest BCUT2D eigenvalue weighted by atomic mass is 32.2. The lowest BCUT2D eigenvalue weighted by atomic mass is 10.1. The topological polar surface area (TPSA) is 58.4 Å². The number of thiocarbonyl (C=S) groups is 1. The van der Waals surface area contributed by atoms with Gasteiger partial charge in [-0.05, 0) is 30.3 Å². The summed E-state index contributed by atoms with van der Waals surface area (Å²) in [6.07, 6.45) is 5.07.